The lowest BCUT2D eigenvalue weighted by Crippen LogP contribution is -2.22. The first-order valence-electron chi connectivity index (χ1n) is 6.21. The van der Waals surface area contributed by atoms with Gasteiger partial charge in [-0.15, -0.1) is 0 Å². The Kier molecular flexibility index (Phi) is 4.88. The van der Waals surface area contributed by atoms with Crippen LogP contribution in [0.3, 0.4) is 0 Å². The van der Waals surface area contributed by atoms with E-state index in [0.29, 0.717) is 6.42 Å². The molecule has 92 valence electrons. The topological polar surface area (TPSA) is 17.1 Å². The highest BCUT2D eigenvalue weighted by atomic mass is 28.3. The molecule has 1 aromatic carbocycles. The van der Waals surface area contributed by atoms with E-state index >= 15 is 0 Å². The summed E-state index contributed by atoms with van der Waals surface area (Å²) >= 11 is 0. The Morgan fingerprint density at radius 2 is 1.76 bits per heavy atom. The van der Waals surface area contributed by atoms with Crippen LogP contribution in [0.2, 0.25) is 25.7 Å². The van der Waals surface area contributed by atoms with Gasteiger partial charge in [0.2, 0.25) is 0 Å². The first-order chi connectivity index (χ1) is 7.92. The van der Waals surface area contributed by atoms with Crippen molar-refractivity contribution in [2.75, 3.05) is 0 Å². The Bertz CT molecular complexity index is 399. The zero-order valence-electron chi connectivity index (χ0n) is 11.3. The number of hydrogen-bond donors (Lipinski definition) is 0. The summed E-state index contributed by atoms with van der Waals surface area (Å²) in [6, 6.07) is 11.1. The van der Waals surface area contributed by atoms with E-state index in [0.717, 1.165) is 17.2 Å². The minimum atomic E-state index is -1.24. The summed E-state index contributed by atoms with van der Waals surface area (Å²) in [5.74, 6) is 0.288. The number of ketones is 1. The molecule has 0 aromatic heterocycles. The highest BCUT2D eigenvalue weighted by molar-refractivity contribution is 6.77. The molecule has 0 atom stereocenters. The quantitative estimate of drug-likeness (QED) is 0.556. The van der Waals surface area contributed by atoms with E-state index in [2.05, 4.69) is 25.7 Å². The molecule has 1 aromatic rings. The Morgan fingerprint density at radius 3 is 2.24 bits per heavy atom. The molecule has 0 N–H and O–H groups in total. The van der Waals surface area contributed by atoms with Crippen LogP contribution >= 0.6 is 0 Å². The fourth-order valence-corrected chi connectivity index (χ4v) is 3.22. The average molecular weight is 246 g/mol. The normalized spacial score (nSPS) is 12.6. The SMILES string of the molecule is CCC(=O)/C(=C/c1ccccc1)C[Si](C)(C)C. The predicted octanol–water partition coefficient (Wildman–Crippen LogP) is 4.39. The highest BCUT2D eigenvalue weighted by Crippen LogP contribution is 2.20. The number of allylic oxidation sites excluding steroid dienone is 1. The molecule has 2 heteroatoms. The second kappa shape index (κ2) is 5.96. The van der Waals surface area contributed by atoms with E-state index < -0.39 is 8.07 Å². The van der Waals surface area contributed by atoms with Crippen molar-refractivity contribution in [3.8, 4) is 0 Å². The maximum atomic E-state index is 11.9. The minimum Gasteiger partial charge on any atom is -0.295 e. The molecule has 0 saturated carbocycles. The molecule has 1 rings (SSSR count). The first-order valence-corrected chi connectivity index (χ1v) is 9.92. The Balaban J connectivity index is 2.99. The van der Waals surface area contributed by atoms with E-state index in [-0.39, 0.29) is 5.78 Å². The summed E-state index contributed by atoms with van der Waals surface area (Å²) < 4.78 is 0. The van der Waals surface area contributed by atoms with Gasteiger partial charge in [-0.25, -0.2) is 0 Å². The summed E-state index contributed by atoms with van der Waals surface area (Å²) in [7, 11) is -1.24. The highest BCUT2D eigenvalue weighted by Gasteiger charge is 2.19. The van der Waals surface area contributed by atoms with Gasteiger partial charge in [0.1, 0.15) is 0 Å². The van der Waals surface area contributed by atoms with Crippen molar-refractivity contribution >= 4 is 19.9 Å². The molecule has 0 fully saturated rings. The van der Waals surface area contributed by atoms with Crippen LogP contribution in [0.5, 0.6) is 0 Å². The summed E-state index contributed by atoms with van der Waals surface area (Å²) in [6.07, 6.45) is 2.66. The molecule has 0 unspecified atom stereocenters. The van der Waals surface area contributed by atoms with Crippen LogP contribution in [0.15, 0.2) is 35.9 Å². The third-order valence-corrected chi connectivity index (χ3v) is 3.98. The zero-order valence-corrected chi connectivity index (χ0v) is 12.3. The Morgan fingerprint density at radius 1 is 1.18 bits per heavy atom. The monoisotopic (exact) mass is 246 g/mol. The van der Waals surface area contributed by atoms with Crippen molar-refractivity contribution in [3.05, 3.63) is 41.5 Å². The fraction of sp³-hybridized carbons (Fsp3) is 0.400. The molecule has 0 bridgehead atoms. The zero-order chi connectivity index (χ0) is 12.9. The summed E-state index contributed by atoms with van der Waals surface area (Å²) in [4.78, 5) is 11.9. The second-order valence-corrected chi connectivity index (χ2v) is 11.1. The van der Waals surface area contributed by atoms with E-state index in [1.807, 2.05) is 37.3 Å². The van der Waals surface area contributed by atoms with Crippen LogP contribution in [0.25, 0.3) is 6.08 Å². The van der Waals surface area contributed by atoms with Crippen LogP contribution in [0, 0.1) is 0 Å². The lowest BCUT2D eigenvalue weighted by molar-refractivity contribution is -0.115. The van der Waals surface area contributed by atoms with Crippen molar-refractivity contribution in [1.29, 1.82) is 0 Å². The van der Waals surface area contributed by atoms with Gasteiger partial charge in [0, 0.05) is 14.5 Å². The predicted molar refractivity (Wildman–Crippen MR) is 77.9 cm³/mol. The molecule has 0 saturated heterocycles. The Hall–Kier alpha value is -1.15. The van der Waals surface area contributed by atoms with Crippen molar-refractivity contribution in [3.63, 3.8) is 0 Å². The first kappa shape index (κ1) is 13.9. The molecule has 17 heavy (non-hydrogen) atoms. The van der Waals surface area contributed by atoms with Crippen molar-refractivity contribution in [1.82, 2.24) is 0 Å². The number of hydrogen-bond acceptors (Lipinski definition) is 1. The van der Waals surface area contributed by atoms with Gasteiger partial charge in [0.15, 0.2) is 5.78 Å². The fourth-order valence-electron chi connectivity index (χ4n) is 1.78. The van der Waals surface area contributed by atoms with Crippen molar-refractivity contribution in [2.24, 2.45) is 0 Å². The van der Waals surface area contributed by atoms with Crippen LogP contribution in [0.4, 0.5) is 0 Å². The second-order valence-electron chi connectivity index (χ2n) is 5.59. The number of carbonyl (C=O) groups is 1. The van der Waals surface area contributed by atoms with Gasteiger partial charge in [-0.2, -0.15) is 0 Å². The lowest BCUT2D eigenvalue weighted by Gasteiger charge is -2.17. The van der Waals surface area contributed by atoms with Crippen LogP contribution in [0.1, 0.15) is 18.9 Å². The average Bonchev–Trinajstić information content (AvgIpc) is 2.27. The van der Waals surface area contributed by atoms with Crippen molar-refractivity contribution in [2.45, 2.75) is 39.0 Å². The molecular weight excluding hydrogens is 224 g/mol. The molecule has 1 nitrogen and oxygen atoms in total. The standard InChI is InChI=1S/C15H22OSi/c1-5-15(16)14(12-17(2,3)4)11-13-9-7-6-8-10-13/h6-11H,5,12H2,1-4H3/b14-11+. The third kappa shape index (κ3) is 5.13. The smallest absolute Gasteiger partial charge is 0.158 e. The minimum absolute atomic E-state index is 0.288. The van der Waals surface area contributed by atoms with Crippen LogP contribution < -0.4 is 0 Å². The molecule has 0 aliphatic heterocycles. The van der Waals surface area contributed by atoms with Gasteiger partial charge in [0.05, 0.1) is 0 Å². The van der Waals surface area contributed by atoms with Gasteiger partial charge in [-0.3, -0.25) is 4.79 Å². The summed E-state index contributed by atoms with van der Waals surface area (Å²) in [6.45, 7) is 8.84. The van der Waals surface area contributed by atoms with Gasteiger partial charge < -0.3 is 0 Å². The lowest BCUT2D eigenvalue weighted by atomic mass is 10.1. The van der Waals surface area contributed by atoms with E-state index in [1.54, 1.807) is 0 Å². The number of Topliss-reactive ketones (excluding diaryl/α,β-unsaturated/α-hetero) is 1. The Labute approximate surface area is 106 Å². The van der Waals surface area contributed by atoms with E-state index in [4.69, 9.17) is 0 Å². The molecule has 0 spiro atoms. The molecular formula is C15H22OSi. The number of carbonyl (C=O) groups excluding carboxylic acids is 1. The molecule has 0 aliphatic rings. The van der Waals surface area contributed by atoms with Gasteiger partial charge in [-0.05, 0) is 23.3 Å². The molecule has 0 heterocycles. The van der Waals surface area contributed by atoms with E-state index in [1.165, 1.54) is 0 Å². The molecule has 0 radical (unpaired) electrons. The third-order valence-electron chi connectivity index (χ3n) is 2.54. The maximum absolute atomic E-state index is 11.9. The van der Waals surface area contributed by atoms with E-state index in [9.17, 15) is 4.79 Å². The van der Waals surface area contributed by atoms with Gasteiger partial charge in [-0.1, -0.05) is 56.9 Å². The summed E-state index contributed by atoms with van der Waals surface area (Å²) in [5.41, 5.74) is 2.13. The largest absolute Gasteiger partial charge is 0.295 e. The number of benzene rings is 1. The van der Waals surface area contributed by atoms with Gasteiger partial charge in [0.25, 0.3) is 0 Å². The summed E-state index contributed by atoms with van der Waals surface area (Å²) in [5, 5.41) is 0. The maximum Gasteiger partial charge on any atom is 0.158 e. The number of rotatable bonds is 5. The van der Waals surface area contributed by atoms with Crippen molar-refractivity contribution < 1.29 is 4.79 Å². The molecule has 0 aliphatic carbocycles. The van der Waals surface area contributed by atoms with Crippen LogP contribution in [-0.4, -0.2) is 13.9 Å². The molecule has 0 amide bonds. The van der Waals surface area contributed by atoms with Crippen LogP contribution in [-0.2, 0) is 4.79 Å². The van der Waals surface area contributed by atoms with Gasteiger partial charge >= 0.3 is 0 Å².